The fourth-order valence-electron chi connectivity index (χ4n) is 3.04. The van der Waals surface area contributed by atoms with Gasteiger partial charge in [0.2, 0.25) is 0 Å². The first-order valence-electron chi connectivity index (χ1n) is 7.58. The maximum atomic E-state index is 6.32. The molecule has 0 fully saturated rings. The highest BCUT2D eigenvalue weighted by atomic mass is 35.5. The molecule has 23 heavy (non-hydrogen) atoms. The molecule has 2 aromatic rings. The largest absolute Gasteiger partial charge is 0.493 e. The maximum Gasteiger partial charge on any atom is 0.168 e. The summed E-state index contributed by atoms with van der Waals surface area (Å²) < 4.78 is 17.1. The lowest BCUT2D eigenvalue weighted by Crippen LogP contribution is -2.17. The van der Waals surface area contributed by atoms with Crippen molar-refractivity contribution < 1.29 is 14.2 Å². The van der Waals surface area contributed by atoms with Crippen molar-refractivity contribution in [1.29, 1.82) is 0 Å². The number of ether oxygens (including phenoxy) is 3. The lowest BCUT2D eigenvalue weighted by atomic mass is 9.99. The van der Waals surface area contributed by atoms with Crippen LogP contribution in [-0.2, 0) is 6.42 Å². The fraction of sp³-hybridized carbons (Fsp3) is 0.333. The Balaban J connectivity index is 2.13. The van der Waals surface area contributed by atoms with Crippen LogP contribution in [0, 0.1) is 0 Å². The summed E-state index contributed by atoms with van der Waals surface area (Å²) in [6, 6.07) is 9.64. The Kier molecular flexibility index (Phi) is 4.64. The van der Waals surface area contributed by atoms with Gasteiger partial charge in [0, 0.05) is 22.6 Å². The monoisotopic (exact) mass is 333 g/mol. The Labute approximate surface area is 141 Å². The Bertz CT molecular complexity index is 718. The second-order valence-corrected chi connectivity index (χ2v) is 5.94. The van der Waals surface area contributed by atoms with E-state index in [9.17, 15) is 0 Å². The summed E-state index contributed by atoms with van der Waals surface area (Å²) >= 11 is 6.32. The molecule has 0 amide bonds. The molecular formula is C18H20ClNO3. The molecule has 0 saturated carbocycles. The number of methoxy groups -OCH3 is 2. The SMILES string of the molecule is COc1cccc(-c2cc(Cl)cc3c2OC(CCN)C3)c1OC. The van der Waals surface area contributed by atoms with Crippen molar-refractivity contribution in [3.63, 3.8) is 0 Å². The van der Waals surface area contributed by atoms with Gasteiger partial charge in [0.15, 0.2) is 11.5 Å². The minimum Gasteiger partial charge on any atom is -0.493 e. The Hall–Kier alpha value is -1.91. The highest BCUT2D eigenvalue weighted by Crippen LogP contribution is 2.46. The molecule has 2 N–H and O–H groups in total. The van der Waals surface area contributed by atoms with E-state index in [2.05, 4.69) is 0 Å². The quantitative estimate of drug-likeness (QED) is 0.907. The van der Waals surface area contributed by atoms with Crippen LogP contribution in [-0.4, -0.2) is 26.9 Å². The zero-order chi connectivity index (χ0) is 16.4. The molecular weight excluding hydrogens is 314 g/mol. The number of hydrogen-bond donors (Lipinski definition) is 1. The molecule has 0 spiro atoms. The minimum absolute atomic E-state index is 0.101. The van der Waals surface area contributed by atoms with E-state index in [1.807, 2.05) is 30.3 Å². The maximum absolute atomic E-state index is 6.32. The van der Waals surface area contributed by atoms with E-state index in [-0.39, 0.29) is 6.10 Å². The van der Waals surface area contributed by atoms with E-state index < -0.39 is 0 Å². The molecule has 1 aliphatic heterocycles. The Morgan fingerprint density at radius 3 is 2.74 bits per heavy atom. The van der Waals surface area contributed by atoms with Crippen molar-refractivity contribution in [2.75, 3.05) is 20.8 Å². The van der Waals surface area contributed by atoms with Crippen LogP contribution in [0.5, 0.6) is 17.2 Å². The predicted molar refractivity (Wildman–Crippen MR) is 91.8 cm³/mol. The van der Waals surface area contributed by atoms with Gasteiger partial charge in [-0.1, -0.05) is 23.7 Å². The number of hydrogen-bond acceptors (Lipinski definition) is 4. The summed E-state index contributed by atoms with van der Waals surface area (Å²) in [7, 11) is 3.25. The van der Waals surface area contributed by atoms with Gasteiger partial charge < -0.3 is 19.9 Å². The molecule has 0 aromatic heterocycles. The first-order chi connectivity index (χ1) is 11.2. The molecule has 122 valence electrons. The van der Waals surface area contributed by atoms with Crippen LogP contribution in [0.4, 0.5) is 0 Å². The lowest BCUT2D eigenvalue weighted by Gasteiger charge is -2.16. The number of para-hydroxylation sites is 1. The van der Waals surface area contributed by atoms with E-state index in [0.29, 0.717) is 23.1 Å². The molecule has 1 atom stereocenters. The van der Waals surface area contributed by atoms with Gasteiger partial charge in [-0.05, 0) is 36.7 Å². The van der Waals surface area contributed by atoms with Crippen LogP contribution in [0.3, 0.4) is 0 Å². The van der Waals surface area contributed by atoms with Crippen LogP contribution in [0.25, 0.3) is 11.1 Å². The highest BCUT2D eigenvalue weighted by molar-refractivity contribution is 6.31. The topological polar surface area (TPSA) is 53.7 Å². The summed E-state index contributed by atoms with van der Waals surface area (Å²) in [5, 5.41) is 0.681. The third kappa shape index (κ3) is 2.96. The molecule has 0 radical (unpaired) electrons. The summed E-state index contributed by atoms with van der Waals surface area (Å²) in [6.45, 7) is 0.601. The summed E-state index contributed by atoms with van der Waals surface area (Å²) in [6.07, 6.45) is 1.75. The summed E-state index contributed by atoms with van der Waals surface area (Å²) in [4.78, 5) is 0. The van der Waals surface area contributed by atoms with Crippen LogP contribution in [0.2, 0.25) is 5.02 Å². The predicted octanol–water partition coefficient (Wildman–Crippen LogP) is 3.68. The van der Waals surface area contributed by atoms with Gasteiger partial charge in [0.05, 0.1) is 14.2 Å². The van der Waals surface area contributed by atoms with Crippen LogP contribution in [0.15, 0.2) is 30.3 Å². The molecule has 5 heteroatoms. The molecule has 3 rings (SSSR count). The molecule has 2 aromatic carbocycles. The van der Waals surface area contributed by atoms with E-state index in [1.54, 1.807) is 14.2 Å². The van der Waals surface area contributed by atoms with Crippen molar-refractivity contribution in [2.24, 2.45) is 5.73 Å². The fourth-order valence-corrected chi connectivity index (χ4v) is 3.28. The van der Waals surface area contributed by atoms with Crippen LogP contribution < -0.4 is 19.9 Å². The average Bonchev–Trinajstić information content (AvgIpc) is 2.95. The number of fused-ring (bicyclic) bond motifs is 1. The lowest BCUT2D eigenvalue weighted by molar-refractivity contribution is 0.225. The van der Waals surface area contributed by atoms with Crippen molar-refractivity contribution >= 4 is 11.6 Å². The van der Waals surface area contributed by atoms with Crippen molar-refractivity contribution in [3.8, 4) is 28.4 Å². The highest BCUT2D eigenvalue weighted by Gasteiger charge is 2.27. The number of nitrogens with two attached hydrogens (primary N) is 1. The minimum atomic E-state index is 0.101. The van der Waals surface area contributed by atoms with Gasteiger partial charge in [0.25, 0.3) is 0 Å². The molecule has 4 nitrogen and oxygen atoms in total. The van der Waals surface area contributed by atoms with Crippen molar-refractivity contribution in [2.45, 2.75) is 18.9 Å². The Morgan fingerprint density at radius 1 is 1.22 bits per heavy atom. The molecule has 1 aliphatic rings. The van der Waals surface area contributed by atoms with Gasteiger partial charge in [-0.25, -0.2) is 0 Å². The van der Waals surface area contributed by atoms with E-state index >= 15 is 0 Å². The number of halogens is 1. The zero-order valence-electron chi connectivity index (χ0n) is 13.3. The van der Waals surface area contributed by atoms with E-state index in [4.69, 9.17) is 31.5 Å². The molecule has 1 heterocycles. The standard InChI is InChI=1S/C18H20ClNO3/c1-21-16-5-3-4-14(18(16)22-2)15-10-12(19)8-11-9-13(6-7-20)23-17(11)15/h3-5,8,10,13H,6-7,9,20H2,1-2H3. The summed E-state index contributed by atoms with van der Waals surface area (Å²) in [5.74, 6) is 2.21. The van der Waals surface area contributed by atoms with E-state index in [1.165, 1.54) is 0 Å². The van der Waals surface area contributed by atoms with Gasteiger partial charge >= 0.3 is 0 Å². The zero-order valence-corrected chi connectivity index (χ0v) is 14.0. The second kappa shape index (κ2) is 6.69. The third-order valence-electron chi connectivity index (χ3n) is 4.04. The third-order valence-corrected chi connectivity index (χ3v) is 4.26. The van der Waals surface area contributed by atoms with Crippen molar-refractivity contribution in [3.05, 3.63) is 40.9 Å². The van der Waals surface area contributed by atoms with Crippen molar-refractivity contribution in [1.82, 2.24) is 0 Å². The molecule has 0 saturated heterocycles. The van der Waals surface area contributed by atoms with Crippen LogP contribution >= 0.6 is 11.6 Å². The number of benzene rings is 2. The van der Waals surface area contributed by atoms with Gasteiger partial charge in [0.1, 0.15) is 11.9 Å². The first kappa shape index (κ1) is 16.0. The molecule has 1 unspecified atom stereocenters. The molecule has 0 aliphatic carbocycles. The normalized spacial score (nSPS) is 15.9. The van der Waals surface area contributed by atoms with Gasteiger partial charge in [-0.2, -0.15) is 0 Å². The second-order valence-electron chi connectivity index (χ2n) is 5.50. The van der Waals surface area contributed by atoms with Gasteiger partial charge in [-0.3, -0.25) is 0 Å². The smallest absolute Gasteiger partial charge is 0.168 e. The number of rotatable bonds is 5. The Morgan fingerprint density at radius 2 is 2.04 bits per heavy atom. The molecule has 0 bridgehead atoms. The average molecular weight is 334 g/mol. The van der Waals surface area contributed by atoms with Crippen LogP contribution in [0.1, 0.15) is 12.0 Å². The van der Waals surface area contributed by atoms with Gasteiger partial charge in [-0.15, -0.1) is 0 Å². The first-order valence-corrected chi connectivity index (χ1v) is 7.96. The summed E-state index contributed by atoms with van der Waals surface area (Å²) in [5.41, 5.74) is 8.59. The van der Waals surface area contributed by atoms with E-state index in [0.717, 1.165) is 35.3 Å².